The second kappa shape index (κ2) is 9.94. The van der Waals surface area contributed by atoms with Gasteiger partial charge in [0.25, 0.3) is 5.91 Å². The second-order valence-corrected chi connectivity index (χ2v) is 8.56. The Balaban J connectivity index is 1.65. The Morgan fingerprint density at radius 2 is 1.97 bits per heavy atom. The predicted molar refractivity (Wildman–Crippen MR) is 126 cm³/mol. The molecule has 0 bridgehead atoms. The van der Waals surface area contributed by atoms with Gasteiger partial charge in [-0.25, -0.2) is 5.43 Å². The first-order valence-corrected chi connectivity index (χ1v) is 11.3. The van der Waals surface area contributed by atoms with Gasteiger partial charge in [-0.3, -0.25) is 9.69 Å². The van der Waals surface area contributed by atoms with Crippen LogP contribution < -0.4 is 5.43 Å². The van der Waals surface area contributed by atoms with Gasteiger partial charge in [-0.1, -0.05) is 0 Å². The van der Waals surface area contributed by atoms with Crippen molar-refractivity contribution in [1.82, 2.24) is 25.5 Å². The zero-order valence-electron chi connectivity index (χ0n) is 19.9. The molecule has 2 unspecified atom stereocenters. The minimum atomic E-state index is -0.236. The molecule has 2 atom stereocenters. The largest absolute Gasteiger partial charge is 0.367 e. The van der Waals surface area contributed by atoms with Gasteiger partial charge in [0.2, 0.25) is 0 Å². The maximum atomic E-state index is 12.6. The van der Waals surface area contributed by atoms with Crippen LogP contribution in [0.2, 0.25) is 0 Å². The van der Waals surface area contributed by atoms with Gasteiger partial charge < -0.3 is 14.5 Å². The Kier molecular flexibility index (Phi) is 7.02. The summed E-state index contributed by atoms with van der Waals surface area (Å²) in [6, 6.07) is 3.58. The number of ether oxygens (including phenoxy) is 2. The van der Waals surface area contributed by atoms with Gasteiger partial charge in [-0.15, -0.1) is 5.10 Å². The molecule has 33 heavy (non-hydrogen) atoms. The molecule has 1 aliphatic heterocycles. The molecule has 176 valence electrons. The average molecular weight is 453 g/mol. The first kappa shape index (κ1) is 23.3. The lowest BCUT2D eigenvalue weighted by Crippen LogP contribution is -2.43. The van der Waals surface area contributed by atoms with Crippen LogP contribution in [0.4, 0.5) is 0 Å². The summed E-state index contributed by atoms with van der Waals surface area (Å²) in [6.45, 7) is 6.96. The monoisotopic (exact) mass is 452 g/mol. The summed E-state index contributed by atoms with van der Waals surface area (Å²) in [5, 5.41) is 12.2. The molecule has 1 fully saturated rings. The van der Waals surface area contributed by atoms with Crippen LogP contribution in [0.1, 0.15) is 60.8 Å². The fraction of sp³-hybridized carbons (Fsp3) is 0.500. The molecule has 0 spiro atoms. The van der Waals surface area contributed by atoms with Crippen LogP contribution in [0.25, 0.3) is 6.08 Å². The smallest absolute Gasteiger partial charge is 0.273 e. The van der Waals surface area contributed by atoms with E-state index in [-0.39, 0.29) is 18.4 Å². The van der Waals surface area contributed by atoms with Crippen molar-refractivity contribution in [2.75, 3.05) is 20.8 Å². The second-order valence-electron chi connectivity index (χ2n) is 8.56. The Hall–Kier alpha value is -2.88. The molecule has 0 aromatic carbocycles. The van der Waals surface area contributed by atoms with Gasteiger partial charge in [-0.2, -0.15) is 10.2 Å². The van der Waals surface area contributed by atoms with E-state index in [2.05, 4.69) is 37.5 Å². The van der Waals surface area contributed by atoms with Crippen molar-refractivity contribution in [1.29, 1.82) is 0 Å². The number of carbonyl (C=O) groups excluding carboxylic acids is 1. The summed E-state index contributed by atoms with van der Waals surface area (Å²) in [6.07, 6.45) is 6.57. The predicted octanol–water partition coefficient (Wildman–Crippen LogP) is 2.74. The summed E-state index contributed by atoms with van der Waals surface area (Å²) in [4.78, 5) is 18.3. The van der Waals surface area contributed by atoms with Gasteiger partial charge in [0.1, 0.15) is 23.9 Å². The van der Waals surface area contributed by atoms with E-state index >= 15 is 0 Å². The number of amides is 1. The molecular weight excluding hydrogens is 420 g/mol. The Morgan fingerprint density at radius 3 is 2.58 bits per heavy atom. The topological polar surface area (TPSA) is 105 Å². The first-order valence-electron chi connectivity index (χ1n) is 11.3. The summed E-state index contributed by atoms with van der Waals surface area (Å²) in [5.41, 5.74) is 8.83. The van der Waals surface area contributed by atoms with Crippen molar-refractivity contribution in [3.63, 3.8) is 0 Å². The molecule has 3 heterocycles. The number of rotatable bonds is 10. The van der Waals surface area contributed by atoms with E-state index < -0.39 is 0 Å². The molecule has 9 nitrogen and oxygen atoms in total. The van der Waals surface area contributed by atoms with Crippen LogP contribution in [0.15, 0.2) is 29.0 Å². The molecule has 0 saturated heterocycles. The summed E-state index contributed by atoms with van der Waals surface area (Å²) in [5.74, 6) is 0.270. The molecule has 2 N–H and O–H groups in total. The molecule has 4 rings (SSSR count). The maximum Gasteiger partial charge on any atom is 0.273 e. The van der Waals surface area contributed by atoms with Crippen LogP contribution in [0.5, 0.6) is 0 Å². The third-order valence-electron chi connectivity index (χ3n) is 6.48. The quantitative estimate of drug-likeness (QED) is 0.424. The number of hydrazone groups is 1. The van der Waals surface area contributed by atoms with Crippen LogP contribution in [0, 0.1) is 6.92 Å². The molecular formula is C24H32N6O3. The summed E-state index contributed by atoms with van der Waals surface area (Å²) in [7, 11) is 3.43. The molecule has 1 saturated carbocycles. The fourth-order valence-electron chi connectivity index (χ4n) is 4.39. The SMILES string of the molecule is COC(C)N(CCc1c(C)[nH]c(/C=C2/C(=O)NN=C2c2cccnn2)c1C1CC1)C(C)OC. The lowest BCUT2D eigenvalue weighted by atomic mass is 9.98. The standard InChI is InChI=1S/C24H32N6O3/c1-14-18(10-12-30(15(2)32-4)16(3)33-5)22(17-8-9-17)21(26-14)13-19-23(28-29-24(19)31)20-7-6-11-25-27-20/h6-7,11,13,15-17,26H,8-10,12H2,1-5H3,(H,29,31)/b19-13+. The highest BCUT2D eigenvalue weighted by Gasteiger charge is 2.33. The summed E-state index contributed by atoms with van der Waals surface area (Å²) < 4.78 is 11.1. The van der Waals surface area contributed by atoms with Gasteiger partial charge in [-0.05, 0) is 75.3 Å². The van der Waals surface area contributed by atoms with E-state index in [4.69, 9.17) is 9.47 Å². The molecule has 1 aliphatic carbocycles. The number of nitrogens with zero attached hydrogens (tertiary/aromatic N) is 4. The number of aromatic amines is 1. The Labute approximate surface area is 194 Å². The van der Waals surface area contributed by atoms with E-state index in [9.17, 15) is 4.79 Å². The molecule has 1 amide bonds. The number of H-pyrrole nitrogens is 1. The van der Waals surface area contributed by atoms with E-state index in [1.54, 1.807) is 32.5 Å². The highest BCUT2D eigenvalue weighted by atomic mass is 16.5. The van der Waals surface area contributed by atoms with E-state index in [1.165, 1.54) is 11.1 Å². The highest BCUT2D eigenvalue weighted by molar-refractivity contribution is 6.32. The van der Waals surface area contributed by atoms with Gasteiger partial charge in [0.05, 0.1) is 5.57 Å². The van der Waals surface area contributed by atoms with Crippen LogP contribution in [-0.2, 0) is 20.7 Å². The first-order chi connectivity index (χ1) is 15.9. The van der Waals surface area contributed by atoms with Crippen LogP contribution >= 0.6 is 0 Å². The molecule has 2 aliphatic rings. The molecule has 2 aromatic heterocycles. The van der Waals surface area contributed by atoms with E-state index in [1.807, 2.05) is 19.9 Å². The number of hydrogen-bond acceptors (Lipinski definition) is 7. The third kappa shape index (κ3) is 4.90. The van der Waals surface area contributed by atoms with Crippen molar-refractivity contribution in [3.05, 3.63) is 52.1 Å². The van der Waals surface area contributed by atoms with Crippen molar-refractivity contribution >= 4 is 17.7 Å². The summed E-state index contributed by atoms with van der Waals surface area (Å²) >= 11 is 0. The number of aromatic nitrogens is 3. The van der Waals surface area contributed by atoms with Gasteiger partial charge >= 0.3 is 0 Å². The average Bonchev–Trinajstić information content (AvgIpc) is 3.54. The molecule has 2 aromatic rings. The zero-order valence-corrected chi connectivity index (χ0v) is 19.9. The molecule has 0 radical (unpaired) electrons. The molecule has 9 heteroatoms. The van der Waals surface area contributed by atoms with Gasteiger partial charge in [0, 0.05) is 38.3 Å². The van der Waals surface area contributed by atoms with E-state index in [0.717, 1.165) is 37.2 Å². The van der Waals surface area contributed by atoms with Crippen LogP contribution in [-0.4, -0.2) is 64.9 Å². The fourth-order valence-corrected chi connectivity index (χ4v) is 4.39. The highest BCUT2D eigenvalue weighted by Crippen LogP contribution is 2.45. The number of aryl methyl sites for hydroxylation is 1. The van der Waals surface area contributed by atoms with Gasteiger partial charge in [0.15, 0.2) is 0 Å². The lowest BCUT2D eigenvalue weighted by molar-refractivity contribution is -0.116. The maximum absolute atomic E-state index is 12.6. The normalized spacial score (nSPS) is 19.2. The Morgan fingerprint density at radius 1 is 1.24 bits per heavy atom. The van der Waals surface area contributed by atoms with Crippen molar-refractivity contribution < 1.29 is 14.3 Å². The minimum Gasteiger partial charge on any atom is -0.367 e. The number of hydrogen-bond donors (Lipinski definition) is 2. The third-order valence-corrected chi connectivity index (χ3v) is 6.48. The number of methoxy groups -OCH3 is 2. The minimum absolute atomic E-state index is 0.0573. The zero-order chi connectivity index (χ0) is 23.5. The van der Waals surface area contributed by atoms with Crippen molar-refractivity contribution in [2.24, 2.45) is 5.10 Å². The van der Waals surface area contributed by atoms with Crippen molar-refractivity contribution in [2.45, 2.75) is 58.4 Å². The number of nitrogens with one attached hydrogen (secondary N) is 2. The lowest BCUT2D eigenvalue weighted by Gasteiger charge is -2.32. The van der Waals surface area contributed by atoms with Crippen molar-refractivity contribution in [3.8, 4) is 0 Å². The number of carbonyl (C=O) groups is 1. The van der Waals surface area contributed by atoms with Crippen LogP contribution in [0.3, 0.4) is 0 Å². The Bertz CT molecular complexity index is 1050. The van der Waals surface area contributed by atoms with E-state index in [0.29, 0.717) is 22.9 Å².